The van der Waals surface area contributed by atoms with Gasteiger partial charge in [-0.3, -0.25) is 4.79 Å². The van der Waals surface area contributed by atoms with Crippen LogP contribution in [-0.4, -0.2) is 46.3 Å². The zero-order valence-corrected chi connectivity index (χ0v) is 15.1. The topological polar surface area (TPSA) is 71.2 Å². The first-order valence-electron chi connectivity index (χ1n) is 10.1. The van der Waals surface area contributed by atoms with Gasteiger partial charge in [0.05, 0.1) is 18.0 Å². The maximum atomic E-state index is 12.8. The molecule has 2 heterocycles. The standard InChI is InChI=1S/C21H25NO4/c1-11(12-2-3-12)22-9-8-20-17-13-4-5-14(23)18(17)26-19(20)15(24)6-7-21(20,25)16(22)10-13/h4-5,11-12,16,19,23,25H,2-3,6-10H2,1H3/p+1/t11?,16-,19?,20+,21-/m1/s1. The number of benzene rings is 1. The minimum atomic E-state index is -0.922. The SMILES string of the molecule is CC(C1CC1)[NH+]1CC[C@]23c4c5ccc(O)c4OC2C(=O)CC[C@@]3(O)[C@H]1C5. The molecule has 3 N–H and O–H groups in total. The summed E-state index contributed by atoms with van der Waals surface area (Å²) >= 11 is 0. The molecule has 1 aromatic rings. The van der Waals surface area contributed by atoms with E-state index in [-0.39, 0.29) is 17.6 Å². The van der Waals surface area contributed by atoms with Crippen LogP contribution in [-0.2, 0) is 16.6 Å². The van der Waals surface area contributed by atoms with Crippen molar-refractivity contribution in [3.05, 3.63) is 23.3 Å². The van der Waals surface area contributed by atoms with Gasteiger partial charge < -0.3 is 19.8 Å². The molecular formula is C21H26NO4+. The van der Waals surface area contributed by atoms with Gasteiger partial charge in [0.15, 0.2) is 23.4 Å². The van der Waals surface area contributed by atoms with Crippen LogP contribution >= 0.6 is 0 Å². The highest BCUT2D eigenvalue weighted by Gasteiger charge is 2.75. The summed E-state index contributed by atoms with van der Waals surface area (Å²) in [6.45, 7) is 3.30. The number of ether oxygens (including phenoxy) is 1. The predicted octanol–water partition coefficient (Wildman–Crippen LogP) is 0.497. The zero-order chi connectivity index (χ0) is 17.8. The van der Waals surface area contributed by atoms with Gasteiger partial charge in [0.25, 0.3) is 0 Å². The number of rotatable bonds is 2. The first-order chi connectivity index (χ1) is 12.5. The van der Waals surface area contributed by atoms with Gasteiger partial charge in [-0.15, -0.1) is 0 Å². The van der Waals surface area contributed by atoms with Crippen LogP contribution in [0.1, 0.15) is 50.2 Å². The largest absolute Gasteiger partial charge is 0.504 e. The second-order valence-corrected chi connectivity index (χ2v) is 9.27. The number of hydrogen-bond acceptors (Lipinski definition) is 4. The van der Waals surface area contributed by atoms with E-state index in [1.54, 1.807) is 6.07 Å². The van der Waals surface area contributed by atoms with Crippen LogP contribution in [0.3, 0.4) is 0 Å². The van der Waals surface area contributed by atoms with E-state index >= 15 is 0 Å². The van der Waals surface area contributed by atoms with E-state index in [1.165, 1.54) is 17.7 Å². The number of nitrogens with one attached hydrogen (secondary N) is 1. The Morgan fingerprint density at radius 2 is 2.12 bits per heavy atom. The smallest absolute Gasteiger partial charge is 0.174 e. The zero-order valence-electron chi connectivity index (χ0n) is 15.1. The molecule has 2 saturated carbocycles. The van der Waals surface area contributed by atoms with Crippen molar-refractivity contribution in [3.8, 4) is 11.5 Å². The summed E-state index contributed by atoms with van der Waals surface area (Å²) in [6, 6.07) is 4.33. The number of carbonyl (C=O) groups is 1. The Hall–Kier alpha value is -1.59. The van der Waals surface area contributed by atoms with Crippen molar-refractivity contribution in [3.63, 3.8) is 0 Å². The van der Waals surface area contributed by atoms with Crippen molar-refractivity contribution in [2.45, 2.75) is 74.7 Å². The first-order valence-corrected chi connectivity index (χ1v) is 10.1. The highest BCUT2D eigenvalue weighted by atomic mass is 16.5. The van der Waals surface area contributed by atoms with Crippen molar-refractivity contribution in [1.29, 1.82) is 0 Å². The molecule has 5 aliphatic rings. The first kappa shape index (κ1) is 15.5. The number of quaternary nitrogens is 1. The van der Waals surface area contributed by atoms with Crippen molar-refractivity contribution in [2.24, 2.45) is 5.92 Å². The Bertz CT molecular complexity index is 834. The summed E-state index contributed by atoms with van der Waals surface area (Å²) in [5, 5.41) is 22.5. The predicted molar refractivity (Wildman–Crippen MR) is 93.5 cm³/mol. The Balaban J connectivity index is 1.58. The normalized spacial score (nSPS) is 43.6. The van der Waals surface area contributed by atoms with Crippen molar-refractivity contribution >= 4 is 5.78 Å². The fourth-order valence-electron chi connectivity index (χ4n) is 6.94. The minimum absolute atomic E-state index is 0.0792. The molecule has 5 heteroatoms. The molecule has 6 atom stereocenters. The van der Waals surface area contributed by atoms with Gasteiger partial charge in [0.2, 0.25) is 0 Å². The van der Waals surface area contributed by atoms with Crippen LogP contribution in [0.25, 0.3) is 0 Å². The number of carbonyl (C=O) groups excluding carboxylic acids is 1. The molecule has 3 aliphatic carbocycles. The molecule has 1 saturated heterocycles. The highest BCUT2D eigenvalue weighted by Crippen LogP contribution is 2.63. The van der Waals surface area contributed by atoms with E-state index in [1.807, 2.05) is 6.07 Å². The second kappa shape index (κ2) is 4.63. The Labute approximate surface area is 152 Å². The fourth-order valence-corrected chi connectivity index (χ4v) is 6.94. The lowest BCUT2D eigenvalue weighted by molar-refractivity contribution is -0.965. The fraction of sp³-hybridized carbons (Fsp3) is 0.667. The van der Waals surface area contributed by atoms with Gasteiger partial charge in [0, 0.05) is 30.7 Å². The molecule has 0 amide bonds. The molecule has 6 rings (SSSR count). The van der Waals surface area contributed by atoms with E-state index in [0.29, 0.717) is 24.6 Å². The lowest BCUT2D eigenvalue weighted by Crippen LogP contribution is -3.24. The maximum Gasteiger partial charge on any atom is 0.174 e. The van der Waals surface area contributed by atoms with E-state index in [0.717, 1.165) is 36.4 Å². The molecule has 2 aliphatic heterocycles. The molecule has 5 nitrogen and oxygen atoms in total. The van der Waals surface area contributed by atoms with Gasteiger partial charge in [-0.1, -0.05) is 6.07 Å². The van der Waals surface area contributed by atoms with E-state index in [2.05, 4.69) is 6.92 Å². The molecule has 26 heavy (non-hydrogen) atoms. The average Bonchev–Trinajstić information content (AvgIpc) is 3.39. The second-order valence-electron chi connectivity index (χ2n) is 9.27. The average molecular weight is 356 g/mol. The van der Waals surface area contributed by atoms with Crippen molar-refractivity contribution < 1.29 is 24.6 Å². The number of aliphatic hydroxyl groups is 1. The Kier molecular flexibility index (Phi) is 2.75. The number of hydrogen-bond donors (Lipinski definition) is 3. The van der Waals surface area contributed by atoms with Gasteiger partial charge in [-0.25, -0.2) is 0 Å². The van der Waals surface area contributed by atoms with Crippen molar-refractivity contribution in [1.82, 2.24) is 0 Å². The minimum Gasteiger partial charge on any atom is -0.504 e. The van der Waals surface area contributed by atoms with Crippen LogP contribution in [0, 0.1) is 5.92 Å². The lowest BCUT2D eigenvalue weighted by Gasteiger charge is -2.61. The number of likely N-dealkylation sites (tertiary alicyclic amines) is 1. The molecule has 2 bridgehead atoms. The summed E-state index contributed by atoms with van der Waals surface area (Å²) in [6.07, 6.45) is 4.42. The molecule has 3 unspecified atom stereocenters. The molecule has 1 spiro atoms. The summed E-state index contributed by atoms with van der Waals surface area (Å²) < 4.78 is 6.07. The Morgan fingerprint density at radius 1 is 1.31 bits per heavy atom. The van der Waals surface area contributed by atoms with Gasteiger partial charge >= 0.3 is 0 Å². The molecule has 0 aromatic heterocycles. The third kappa shape index (κ3) is 1.55. The number of piperidine rings is 1. The number of phenols is 1. The molecule has 0 radical (unpaired) electrons. The van der Waals surface area contributed by atoms with Gasteiger partial charge in [-0.05, 0) is 37.8 Å². The van der Waals surface area contributed by atoms with Crippen LogP contribution in [0.4, 0.5) is 0 Å². The van der Waals surface area contributed by atoms with Crippen LogP contribution in [0.5, 0.6) is 11.5 Å². The summed E-state index contributed by atoms with van der Waals surface area (Å²) in [7, 11) is 0. The van der Waals surface area contributed by atoms with Crippen LogP contribution in [0.15, 0.2) is 12.1 Å². The molecule has 3 fully saturated rings. The molecule has 1 aromatic carbocycles. The van der Waals surface area contributed by atoms with E-state index in [4.69, 9.17) is 4.74 Å². The monoisotopic (exact) mass is 356 g/mol. The molecular weight excluding hydrogens is 330 g/mol. The quantitative estimate of drug-likeness (QED) is 0.722. The van der Waals surface area contributed by atoms with Crippen LogP contribution < -0.4 is 9.64 Å². The van der Waals surface area contributed by atoms with E-state index in [9.17, 15) is 15.0 Å². The highest BCUT2D eigenvalue weighted by molar-refractivity contribution is 5.89. The third-order valence-electron chi connectivity index (χ3n) is 8.34. The summed E-state index contributed by atoms with van der Waals surface area (Å²) in [5.41, 5.74) is 0.507. The van der Waals surface area contributed by atoms with Gasteiger partial charge in [-0.2, -0.15) is 0 Å². The number of aromatic hydroxyl groups is 1. The summed E-state index contributed by atoms with van der Waals surface area (Å²) in [5.74, 6) is 1.41. The number of phenolic OH excluding ortho intramolecular Hbond substituents is 1. The number of Topliss-reactive ketones (excluding diaryl/α,β-unsaturated/α-hetero) is 1. The lowest BCUT2D eigenvalue weighted by atomic mass is 9.49. The Morgan fingerprint density at radius 3 is 2.88 bits per heavy atom. The molecule has 138 valence electrons. The summed E-state index contributed by atoms with van der Waals surface area (Å²) in [4.78, 5) is 14.3. The maximum absolute atomic E-state index is 12.8. The van der Waals surface area contributed by atoms with E-state index < -0.39 is 17.1 Å². The third-order valence-corrected chi connectivity index (χ3v) is 8.34. The van der Waals surface area contributed by atoms with Crippen molar-refractivity contribution in [2.75, 3.05) is 6.54 Å². The van der Waals surface area contributed by atoms with Crippen LogP contribution in [0.2, 0.25) is 0 Å². The van der Waals surface area contributed by atoms with Gasteiger partial charge in [0.1, 0.15) is 11.6 Å². The number of ketones is 1.